The Bertz CT molecular complexity index is 3630. The van der Waals surface area contributed by atoms with Crippen molar-refractivity contribution in [2.45, 2.75) is 25.9 Å². The molecule has 4 aliphatic rings. The fraction of sp³-hybridized carbons (Fsp3) is 0.233. The van der Waals surface area contributed by atoms with E-state index in [2.05, 4.69) is 79.1 Å². The molecule has 0 saturated heterocycles. The average Bonchev–Trinajstić information content (AvgIpc) is 4.17. The second kappa shape index (κ2) is 25.8. The molecule has 0 bridgehead atoms. The maximum Gasteiger partial charge on any atom is 0.163 e. The highest BCUT2D eigenvalue weighted by Crippen LogP contribution is 2.42. The van der Waals surface area contributed by atoms with Crippen molar-refractivity contribution in [1.82, 2.24) is 39.7 Å². The first-order valence-electron chi connectivity index (χ1n) is 26.0. The maximum absolute atomic E-state index is 14.8. The first-order chi connectivity index (χ1) is 39.5. The normalized spacial score (nSPS) is 14.4. The molecule has 0 fully saturated rings. The number of rotatable bonds is 13. The molecule has 4 aromatic heterocycles. The number of ether oxygens (including phenoxy) is 2. The SMILES string of the molecule is COc1ccc(Cn2ncc3c2-c2cc(C4=CCN(CCF)CC4)cnc2N=C(c2c(F)cccc2F)N3)cc1.COc1ccc(Cn2ncc3c2-c2cc(C4=CCNCC4)cnc2N=C(c2c(F)cccc2F)N3)cc1.FCCBr. The lowest BCUT2D eigenvalue weighted by Gasteiger charge is -2.25. The van der Waals surface area contributed by atoms with Gasteiger partial charge in [0.25, 0.3) is 0 Å². The van der Waals surface area contributed by atoms with Gasteiger partial charge in [-0.1, -0.05) is 64.5 Å². The van der Waals surface area contributed by atoms with E-state index in [1.807, 2.05) is 70.0 Å². The van der Waals surface area contributed by atoms with Crippen LogP contribution in [0.4, 0.5) is 49.4 Å². The number of methoxy groups -OCH3 is 2. The molecule has 8 heterocycles. The highest BCUT2D eigenvalue weighted by atomic mass is 79.9. The number of nitrogens with one attached hydrogen (secondary N) is 3. The predicted molar refractivity (Wildman–Crippen MR) is 308 cm³/mol. The number of nitrogens with zero attached hydrogens (tertiary/aromatic N) is 9. The van der Waals surface area contributed by atoms with Gasteiger partial charge in [0.05, 0.1) is 80.3 Å². The minimum atomic E-state index is -0.733. The first-order valence-corrected chi connectivity index (χ1v) is 27.2. The zero-order chi connectivity index (χ0) is 56.4. The number of aromatic nitrogens is 6. The largest absolute Gasteiger partial charge is 0.497 e. The first kappa shape index (κ1) is 55.9. The molecule has 0 unspecified atom stereocenters. The zero-order valence-electron chi connectivity index (χ0n) is 44.2. The molecule has 4 aromatic carbocycles. The van der Waals surface area contributed by atoms with E-state index >= 15 is 0 Å². The van der Waals surface area contributed by atoms with E-state index in [4.69, 9.17) is 9.47 Å². The number of pyridine rings is 2. The number of amidine groups is 2. The molecule has 416 valence electrons. The topological polar surface area (TPSA) is 144 Å². The van der Waals surface area contributed by atoms with Crippen LogP contribution in [0.5, 0.6) is 11.5 Å². The lowest BCUT2D eigenvalue weighted by Crippen LogP contribution is -2.30. The molecule has 0 atom stereocenters. The van der Waals surface area contributed by atoms with Crippen LogP contribution in [0.3, 0.4) is 0 Å². The summed E-state index contributed by atoms with van der Waals surface area (Å²) in [6.07, 6.45) is 12.7. The molecule has 0 radical (unpaired) electrons. The molecule has 4 aliphatic heterocycles. The summed E-state index contributed by atoms with van der Waals surface area (Å²) in [5.41, 5.74) is 9.71. The lowest BCUT2D eigenvalue weighted by molar-refractivity contribution is 0.270. The van der Waals surface area contributed by atoms with E-state index in [-0.39, 0.29) is 36.1 Å². The second-order valence-corrected chi connectivity index (χ2v) is 19.7. The van der Waals surface area contributed by atoms with E-state index in [0.717, 1.165) is 83.1 Å². The van der Waals surface area contributed by atoms with Crippen LogP contribution in [0.25, 0.3) is 33.7 Å². The van der Waals surface area contributed by atoms with Gasteiger partial charge in [-0.25, -0.2) is 41.9 Å². The number of fused-ring (bicyclic) bond motifs is 6. The molecule has 0 saturated carbocycles. The van der Waals surface area contributed by atoms with E-state index < -0.39 is 23.3 Å². The van der Waals surface area contributed by atoms with Crippen molar-refractivity contribution in [3.63, 3.8) is 0 Å². The summed E-state index contributed by atoms with van der Waals surface area (Å²) >= 11 is 2.87. The van der Waals surface area contributed by atoms with E-state index in [9.17, 15) is 26.3 Å². The summed E-state index contributed by atoms with van der Waals surface area (Å²) in [4.78, 5) is 20.6. The van der Waals surface area contributed by atoms with Crippen LogP contribution in [0, 0.1) is 23.3 Å². The second-order valence-electron chi connectivity index (χ2n) is 18.9. The lowest BCUT2D eigenvalue weighted by atomic mass is 9.98. The molecule has 3 N–H and O–H groups in total. The van der Waals surface area contributed by atoms with Gasteiger partial charge in [0.2, 0.25) is 0 Å². The van der Waals surface area contributed by atoms with Gasteiger partial charge in [-0.05, 0) is 113 Å². The number of anilines is 2. The third kappa shape index (κ3) is 12.6. The number of benzene rings is 4. The molecular weight excluding hydrogens is 1110 g/mol. The summed E-state index contributed by atoms with van der Waals surface area (Å²) in [5, 5.41) is 19.3. The minimum absolute atomic E-state index is 0.0126. The Balaban J connectivity index is 0.000000171. The quantitative estimate of drug-likeness (QED) is 0.0754. The molecule has 12 rings (SSSR count). The summed E-state index contributed by atoms with van der Waals surface area (Å²) in [6, 6.07) is 26.9. The van der Waals surface area contributed by atoms with Crippen molar-refractivity contribution in [2.75, 3.05) is 76.3 Å². The van der Waals surface area contributed by atoms with Gasteiger partial charge in [-0.15, -0.1) is 0 Å². The van der Waals surface area contributed by atoms with Crippen LogP contribution < -0.4 is 25.4 Å². The summed E-state index contributed by atoms with van der Waals surface area (Å²) in [6.45, 7) is 3.78. The number of hydrogen-bond donors (Lipinski definition) is 3. The summed E-state index contributed by atoms with van der Waals surface area (Å²) < 4.78 is 96.9. The predicted octanol–water partition coefficient (Wildman–Crippen LogP) is 12.4. The van der Waals surface area contributed by atoms with Crippen LogP contribution >= 0.6 is 15.9 Å². The number of halogens is 7. The highest BCUT2D eigenvalue weighted by molar-refractivity contribution is 9.09. The van der Waals surface area contributed by atoms with Crippen molar-refractivity contribution >= 4 is 61.8 Å². The van der Waals surface area contributed by atoms with Crippen molar-refractivity contribution < 1.29 is 35.8 Å². The molecule has 8 aromatic rings. The number of hydrogen-bond acceptors (Lipinski definition) is 12. The third-order valence-electron chi connectivity index (χ3n) is 13.8. The molecule has 0 amide bonds. The number of aliphatic imine (C=N–C) groups is 2. The van der Waals surface area contributed by atoms with Gasteiger partial charge in [0.15, 0.2) is 11.6 Å². The molecule has 14 nitrogen and oxygen atoms in total. The fourth-order valence-corrected chi connectivity index (χ4v) is 9.75. The molecule has 0 aliphatic carbocycles. The van der Waals surface area contributed by atoms with Gasteiger partial charge in [0.1, 0.15) is 53.1 Å². The summed E-state index contributed by atoms with van der Waals surface area (Å²) in [7, 11) is 3.25. The smallest absolute Gasteiger partial charge is 0.163 e. The number of alkyl halides is 3. The Morgan fingerprint density at radius 1 is 0.593 bits per heavy atom. The van der Waals surface area contributed by atoms with Crippen LogP contribution in [-0.4, -0.2) is 112 Å². The summed E-state index contributed by atoms with van der Waals surface area (Å²) in [5.74, 6) is -0.634. The zero-order valence-corrected chi connectivity index (χ0v) is 45.8. The van der Waals surface area contributed by atoms with E-state index in [1.54, 1.807) is 39.0 Å². The fourth-order valence-electron chi connectivity index (χ4n) is 9.75. The Morgan fingerprint density at radius 3 is 1.46 bits per heavy atom. The minimum Gasteiger partial charge on any atom is -0.497 e. The van der Waals surface area contributed by atoms with E-state index in [1.165, 1.54) is 42.0 Å². The average molecular weight is 1170 g/mol. The maximum atomic E-state index is 14.8. The van der Waals surface area contributed by atoms with Crippen LogP contribution in [0.2, 0.25) is 0 Å². The molecule has 0 spiro atoms. The van der Waals surface area contributed by atoms with Gasteiger partial charge < -0.3 is 25.4 Å². The molecule has 81 heavy (non-hydrogen) atoms. The Morgan fingerprint density at radius 2 is 1.06 bits per heavy atom. The third-order valence-corrected chi connectivity index (χ3v) is 14.1. The van der Waals surface area contributed by atoms with Crippen molar-refractivity contribution in [1.29, 1.82) is 0 Å². The van der Waals surface area contributed by atoms with Crippen molar-refractivity contribution in [3.05, 3.63) is 191 Å². The standard InChI is InChI=1S/C30H27F3N6O.C28H24F2N6O.C2H4BrF/c1-40-22-7-5-19(6-8-22)18-39-28-23-15-21(20-9-12-38(13-10-20)14-11-31)16-34-29(23)37-30(36-26(28)17-35-39)27-24(32)3-2-4-25(27)33;1-37-20-7-5-17(6-8-20)16-36-26-21-13-19(18-9-11-31-12-10-18)14-32-27(21)35-28(34-24(26)15-33-36)25-22(29)3-2-4-23(25)30;3-1-2-4/h2-9,15-17H,10-14,18H2,1H3,(H,34,36,37);2-9,13-15,31H,10-12,16H2,1H3,(H,32,34,35);1-2H2. The van der Waals surface area contributed by atoms with Gasteiger partial charge in [-0.2, -0.15) is 10.2 Å². The Kier molecular flexibility index (Phi) is 17.8. The van der Waals surface area contributed by atoms with Gasteiger partial charge in [-0.3, -0.25) is 18.7 Å². The van der Waals surface area contributed by atoms with Crippen LogP contribution in [0.15, 0.2) is 144 Å². The van der Waals surface area contributed by atoms with Crippen LogP contribution in [0.1, 0.15) is 46.2 Å². The van der Waals surface area contributed by atoms with Crippen LogP contribution in [-0.2, 0) is 13.1 Å². The Hall–Kier alpha value is -8.40. The Labute approximate surface area is 472 Å². The van der Waals surface area contributed by atoms with Crippen molar-refractivity contribution in [2.24, 2.45) is 9.98 Å². The monoisotopic (exact) mass is 1170 g/mol. The van der Waals surface area contributed by atoms with Gasteiger partial charge in [0, 0.05) is 55.0 Å². The van der Waals surface area contributed by atoms with Gasteiger partial charge >= 0.3 is 0 Å². The molecule has 21 heteroatoms. The highest BCUT2D eigenvalue weighted by Gasteiger charge is 2.29. The molecular formula is C60H55BrF6N12O2. The van der Waals surface area contributed by atoms with E-state index in [0.29, 0.717) is 65.8 Å². The van der Waals surface area contributed by atoms with Crippen molar-refractivity contribution in [3.8, 4) is 34.0 Å².